The van der Waals surface area contributed by atoms with E-state index in [9.17, 15) is 0 Å². The summed E-state index contributed by atoms with van der Waals surface area (Å²) in [5, 5.41) is 2.11. The minimum atomic E-state index is -1.32. The van der Waals surface area contributed by atoms with Crippen molar-refractivity contribution in [1.29, 1.82) is 0 Å². The SMILES string of the molecule is CC1(C)c2cccnc2N(c2cccc(C(F)c3cccc(-c4ccccn4)c3)c2)c2c1ccc1c2oc2ccccc21. The molecule has 0 saturated carbocycles. The van der Waals surface area contributed by atoms with E-state index in [2.05, 4.69) is 48.0 Å². The van der Waals surface area contributed by atoms with Gasteiger partial charge in [0.2, 0.25) is 0 Å². The third kappa shape index (κ3) is 3.96. The zero-order valence-electron chi connectivity index (χ0n) is 23.8. The van der Waals surface area contributed by atoms with Crippen molar-refractivity contribution in [2.24, 2.45) is 0 Å². The Labute approximate surface area is 249 Å². The molecule has 1 aliphatic rings. The van der Waals surface area contributed by atoms with Crippen LogP contribution in [0.5, 0.6) is 0 Å². The van der Waals surface area contributed by atoms with Crippen molar-refractivity contribution < 1.29 is 8.81 Å². The third-order valence-electron chi connectivity index (χ3n) is 8.65. The standard InChI is InChI=1S/C38H28FN3O/c1-38(2)30-19-18-29-28-14-3-4-17-33(28)43-36(29)35(30)42(37-31(38)15-9-21-41-37)27-13-8-12-26(23-27)34(39)25-11-7-10-24(22-25)32-16-5-6-20-40-32/h3-23,34H,1-2H3. The van der Waals surface area contributed by atoms with Crippen LogP contribution >= 0.6 is 0 Å². The van der Waals surface area contributed by atoms with Crippen LogP contribution in [0.2, 0.25) is 0 Å². The lowest BCUT2D eigenvalue weighted by atomic mass is 9.74. The number of benzene rings is 4. The molecule has 0 bridgehead atoms. The van der Waals surface area contributed by atoms with Crippen molar-refractivity contribution in [3.05, 3.63) is 150 Å². The number of aromatic nitrogens is 2. The molecule has 4 aromatic carbocycles. The van der Waals surface area contributed by atoms with Crippen molar-refractivity contribution in [3.8, 4) is 11.3 Å². The fourth-order valence-electron chi connectivity index (χ4n) is 6.47. The van der Waals surface area contributed by atoms with Crippen molar-refractivity contribution in [2.45, 2.75) is 25.4 Å². The number of halogens is 1. The predicted molar refractivity (Wildman–Crippen MR) is 171 cm³/mol. The molecule has 1 aliphatic heterocycles. The molecule has 43 heavy (non-hydrogen) atoms. The molecular weight excluding hydrogens is 533 g/mol. The van der Waals surface area contributed by atoms with Crippen LogP contribution in [0.25, 0.3) is 33.2 Å². The molecular formula is C38H28FN3O. The first kappa shape index (κ1) is 25.4. The van der Waals surface area contributed by atoms with Gasteiger partial charge in [-0.2, -0.15) is 0 Å². The van der Waals surface area contributed by atoms with Gasteiger partial charge in [0.1, 0.15) is 11.4 Å². The lowest BCUT2D eigenvalue weighted by Gasteiger charge is -2.40. The van der Waals surface area contributed by atoms with Gasteiger partial charge in [-0.15, -0.1) is 0 Å². The number of nitrogens with zero attached hydrogens (tertiary/aromatic N) is 3. The largest absolute Gasteiger partial charge is 0.454 e. The summed E-state index contributed by atoms with van der Waals surface area (Å²) in [6.45, 7) is 4.45. The molecule has 0 amide bonds. The summed E-state index contributed by atoms with van der Waals surface area (Å²) in [6.07, 6.45) is 2.24. The number of hydrogen-bond acceptors (Lipinski definition) is 4. The van der Waals surface area contributed by atoms with Gasteiger partial charge in [-0.05, 0) is 59.2 Å². The van der Waals surface area contributed by atoms with Crippen LogP contribution < -0.4 is 4.90 Å². The lowest BCUT2D eigenvalue weighted by Crippen LogP contribution is -2.31. The molecule has 0 saturated heterocycles. The quantitative estimate of drug-likeness (QED) is 0.214. The summed E-state index contributed by atoms with van der Waals surface area (Å²) in [7, 11) is 0. The second-order valence-corrected chi connectivity index (χ2v) is 11.6. The number of fused-ring (bicyclic) bond motifs is 6. The molecule has 0 spiro atoms. The van der Waals surface area contributed by atoms with E-state index in [1.807, 2.05) is 97.2 Å². The molecule has 0 radical (unpaired) electrons. The second-order valence-electron chi connectivity index (χ2n) is 11.6. The maximum absolute atomic E-state index is 16.3. The number of alkyl halides is 1. The second kappa shape index (κ2) is 9.63. The fourth-order valence-corrected chi connectivity index (χ4v) is 6.47. The summed E-state index contributed by atoms with van der Waals surface area (Å²) in [5.41, 5.74) is 8.15. The summed E-state index contributed by atoms with van der Waals surface area (Å²) in [4.78, 5) is 11.5. The lowest BCUT2D eigenvalue weighted by molar-refractivity contribution is 0.402. The minimum Gasteiger partial charge on any atom is -0.454 e. The Hall–Kier alpha value is -5.29. The molecule has 8 rings (SSSR count). The number of furan rings is 1. The molecule has 1 atom stereocenters. The molecule has 208 valence electrons. The maximum Gasteiger partial charge on any atom is 0.159 e. The number of hydrogen-bond donors (Lipinski definition) is 0. The van der Waals surface area contributed by atoms with Crippen LogP contribution in [0.15, 0.2) is 132 Å². The van der Waals surface area contributed by atoms with Crippen LogP contribution in [-0.2, 0) is 5.41 Å². The highest BCUT2D eigenvalue weighted by Crippen LogP contribution is 2.54. The summed E-state index contributed by atoms with van der Waals surface area (Å²) in [5.74, 6) is 0.817. The third-order valence-corrected chi connectivity index (χ3v) is 8.65. The summed E-state index contributed by atoms with van der Waals surface area (Å²) in [6, 6.07) is 37.6. The van der Waals surface area contributed by atoms with Gasteiger partial charge < -0.3 is 4.42 Å². The van der Waals surface area contributed by atoms with Gasteiger partial charge in [0.15, 0.2) is 11.8 Å². The Kier molecular flexibility index (Phi) is 5.70. The van der Waals surface area contributed by atoms with E-state index >= 15 is 4.39 Å². The number of pyridine rings is 2. The van der Waals surface area contributed by atoms with Crippen LogP contribution in [0, 0.1) is 0 Å². The van der Waals surface area contributed by atoms with Gasteiger partial charge in [0.05, 0.1) is 11.4 Å². The Morgan fingerprint density at radius 1 is 0.698 bits per heavy atom. The minimum absolute atomic E-state index is 0.325. The number of para-hydroxylation sites is 1. The van der Waals surface area contributed by atoms with E-state index in [0.29, 0.717) is 11.1 Å². The van der Waals surface area contributed by atoms with E-state index in [4.69, 9.17) is 9.40 Å². The Morgan fingerprint density at radius 2 is 1.49 bits per heavy atom. The van der Waals surface area contributed by atoms with Crippen molar-refractivity contribution >= 4 is 39.1 Å². The van der Waals surface area contributed by atoms with Crippen LogP contribution in [0.3, 0.4) is 0 Å². The maximum atomic E-state index is 16.3. The molecule has 1 unspecified atom stereocenters. The highest BCUT2D eigenvalue weighted by Gasteiger charge is 2.40. The normalized spacial score (nSPS) is 14.4. The zero-order chi connectivity index (χ0) is 29.1. The number of rotatable bonds is 4. The van der Waals surface area contributed by atoms with Gasteiger partial charge in [-0.3, -0.25) is 9.88 Å². The molecule has 0 aliphatic carbocycles. The van der Waals surface area contributed by atoms with Gasteiger partial charge in [-0.1, -0.05) is 86.6 Å². The van der Waals surface area contributed by atoms with Crippen molar-refractivity contribution in [3.63, 3.8) is 0 Å². The van der Waals surface area contributed by atoms with Gasteiger partial charge in [-0.25, -0.2) is 9.37 Å². The smallest absolute Gasteiger partial charge is 0.159 e. The zero-order valence-corrected chi connectivity index (χ0v) is 23.8. The molecule has 4 heterocycles. The van der Waals surface area contributed by atoms with E-state index < -0.39 is 6.17 Å². The van der Waals surface area contributed by atoms with E-state index in [-0.39, 0.29) is 5.41 Å². The van der Waals surface area contributed by atoms with Crippen molar-refractivity contribution in [2.75, 3.05) is 4.90 Å². The van der Waals surface area contributed by atoms with E-state index in [1.165, 1.54) is 0 Å². The van der Waals surface area contributed by atoms with Crippen molar-refractivity contribution in [1.82, 2.24) is 9.97 Å². The monoisotopic (exact) mass is 561 g/mol. The Bertz CT molecular complexity index is 2150. The fraction of sp³-hybridized carbons (Fsp3) is 0.105. The summed E-state index contributed by atoms with van der Waals surface area (Å²) >= 11 is 0. The molecule has 0 fully saturated rings. The van der Waals surface area contributed by atoms with Crippen LogP contribution in [0.1, 0.15) is 42.3 Å². The van der Waals surface area contributed by atoms with Crippen LogP contribution in [0.4, 0.5) is 21.6 Å². The predicted octanol–water partition coefficient (Wildman–Crippen LogP) is 10.2. The highest BCUT2D eigenvalue weighted by molar-refractivity contribution is 6.11. The van der Waals surface area contributed by atoms with Gasteiger partial charge >= 0.3 is 0 Å². The first-order chi connectivity index (χ1) is 21.0. The Morgan fingerprint density at radius 3 is 2.35 bits per heavy atom. The highest BCUT2D eigenvalue weighted by atomic mass is 19.1. The number of anilines is 3. The topological polar surface area (TPSA) is 42.2 Å². The van der Waals surface area contributed by atoms with Gasteiger partial charge in [0, 0.05) is 45.4 Å². The van der Waals surface area contributed by atoms with E-state index in [0.717, 1.165) is 61.5 Å². The molecule has 3 aromatic heterocycles. The average molecular weight is 562 g/mol. The molecule has 7 aromatic rings. The average Bonchev–Trinajstić information content (AvgIpc) is 3.44. The van der Waals surface area contributed by atoms with E-state index in [1.54, 1.807) is 6.20 Å². The molecule has 4 nitrogen and oxygen atoms in total. The Balaban J connectivity index is 1.31. The summed E-state index contributed by atoms with van der Waals surface area (Å²) < 4.78 is 22.9. The van der Waals surface area contributed by atoms with Gasteiger partial charge in [0.25, 0.3) is 0 Å². The first-order valence-electron chi connectivity index (χ1n) is 14.5. The van der Waals surface area contributed by atoms with Crippen LogP contribution in [-0.4, -0.2) is 9.97 Å². The molecule has 5 heteroatoms. The molecule has 0 N–H and O–H groups in total. The first-order valence-corrected chi connectivity index (χ1v) is 14.5.